The third-order valence-electron chi connectivity index (χ3n) is 3.73. The zero-order valence-corrected chi connectivity index (χ0v) is 13.4. The Morgan fingerprint density at radius 2 is 2.17 bits per heavy atom. The zero-order valence-electron chi connectivity index (χ0n) is 13.4. The van der Waals surface area contributed by atoms with Crippen LogP contribution in [0.15, 0.2) is 18.3 Å². The number of halogens is 3. The fraction of sp³-hybridized carbons (Fsp3) is 0.533. The van der Waals surface area contributed by atoms with E-state index < -0.39 is 30.5 Å². The summed E-state index contributed by atoms with van der Waals surface area (Å²) < 4.78 is 37.5. The van der Waals surface area contributed by atoms with Gasteiger partial charge in [-0.05, 0) is 18.9 Å². The topological polar surface area (TPSA) is 65.5 Å². The molecule has 0 saturated carbocycles. The van der Waals surface area contributed by atoms with Crippen LogP contribution in [0, 0.1) is 5.92 Å². The molecule has 2 rings (SSSR count). The maximum Gasteiger partial charge on any atom is 0.406 e. The van der Waals surface area contributed by atoms with Crippen molar-refractivity contribution in [1.82, 2.24) is 9.88 Å². The van der Waals surface area contributed by atoms with Gasteiger partial charge in [-0.3, -0.25) is 9.59 Å². The van der Waals surface area contributed by atoms with E-state index in [0.29, 0.717) is 11.3 Å². The summed E-state index contributed by atoms with van der Waals surface area (Å²) in [5.74, 6) is -2.28. The number of hydrogen-bond acceptors (Lipinski definition) is 4. The predicted octanol–water partition coefficient (Wildman–Crippen LogP) is 1.89. The lowest BCUT2D eigenvalue weighted by Crippen LogP contribution is -2.49. The number of pyridine rings is 1. The van der Waals surface area contributed by atoms with Crippen molar-refractivity contribution >= 4 is 23.3 Å². The van der Waals surface area contributed by atoms with Crippen LogP contribution in [0.2, 0.25) is 0 Å². The predicted molar refractivity (Wildman–Crippen MR) is 82.6 cm³/mol. The average Bonchev–Trinajstić information content (AvgIpc) is 2.48. The second-order valence-electron chi connectivity index (χ2n) is 5.85. The van der Waals surface area contributed by atoms with E-state index in [-0.39, 0.29) is 18.8 Å². The molecule has 6 nitrogen and oxygen atoms in total. The highest BCUT2D eigenvalue weighted by molar-refractivity contribution is 6.06. The Morgan fingerprint density at radius 1 is 1.46 bits per heavy atom. The Balaban J connectivity index is 2.06. The number of likely N-dealkylation sites (tertiary alicyclic amines) is 1. The van der Waals surface area contributed by atoms with E-state index in [0.717, 1.165) is 5.69 Å². The summed E-state index contributed by atoms with van der Waals surface area (Å²) in [4.78, 5) is 30.9. The number of hydrogen-bond donors (Lipinski definition) is 1. The van der Waals surface area contributed by atoms with E-state index in [9.17, 15) is 22.8 Å². The summed E-state index contributed by atoms with van der Waals surface area (Å²) >= 11 is 0. The van der Waals surface area contributed by atoms with Crippen molar-refractivity contribution in [2.45, 2.75) is 19.0 Å². The minimum atomic E-state index is -4.48. The maximum absolute atomic E-state index is 12.5. The normalized spacial score (nSPS) is 18.5. The first-order valence-corrected chi connectivity index (χ1v) is 7.47. The number of rotatable bonds is 4. The van der Waals surface area contributed by atoms with E-state index in [1.54, 1.807) is 12.1 Å². The molecule has 0 spiro atoms. The molecule has 1 aliphatic heterocycles. The molecule has 2 heterocycles. The van der Waals surface area contributed by atoms with E-state index in [2.05, 4.69) is 10.3 Å². The molecule has 24 heavy (non-hydrogen) atoms. The molecular weight excluding hydrogens is 325 g/mol. The third kappa shape index (κ3) is 4.59. The first-order chi connectivity index (χ1) is 11.2. The molecule has 132 valence electrons. The van der Waals surface area contributed by atoms with Gasteiger partial charge in [0, 0.05) is 38.6 Å². The molecule has 1 N–H and O–H groups in total. The van der Waals surface area contributed by atoms with Gasteiger partial charge in [0.05, 0.1) is 0 Å². The van der Waals surface area contributed by atoms with E-state index >= 15 is 0 Å². The van der Waals surface area contributed by atoms with Crippen LogP contribution >= 0.6 is 0 Å². The molecule has 9 heteroatoms. The second kappa shape index (κ2) is 7.06. The number of alkyl halides is 3. The van der Waals surface area contributed by atoms with Crippen LogP contribution in [0.1, 0.15) is 12.8 Å². The van der Waals surface area contributed by atoms with Crippen LogP contribution in [0.5, 0.6) is 0 Å². The largest absolute Gasteiger partial charge is 0.406 e. The van der Waals surface area contributed by atoms with Crippen molar-refractivity contribution in [3.8, 4) is 0 Å². The quantitative estimate of drug-likeness (QED) is 0.847. The first-order valence-electron chi connectivity index (χ1n) is 7.47. The summed E-state index contributed by atoms with van der Waals surface area (Å²) in [7, 11) is 3.64. The number of piperidine rings is 1. The molecule has 0 radical (unpaired) electrons. The fourth-order valence-electron chi connectivity index (χ4n) is 2.54. The van der Waals surface area contributed by atoms with Gasteiger partial charge in [-0.1, -0.05) is 0 Å². The summed E-state index contributed by atoms with van der Waals surface area (Å²) in [5, 5.41) is 2.52. The van der Waals surface area contributed by atoms with Gasteiger partial charge in [0.15, 0.2) is 0 Å². The lowest BCUT2D eigenvalue weighted by Gasteiger charge is -2.32. The lowest BCUT2D eigenvalue weighted by molar-refractivity contribution is -0.167. The summed E-state index contributed by atoms with van der Waals surface area (Å²) in [5.41, 5.74) is 0.800. The number of carbonyl (C=O) groups excluding carboxylic acids is 2. The highest BCUT2D eigenvalue weighted by Gasteiger charge is 2.39. The van der Waals surface area contributed by atoms with Gasteiger partial charge >= 0.3 is 6.18 Å². The van der Waals surface area contributed by atoms with Crippen LogP contribution in [0.25, 0.3) is 0 Å². The highest BCUT2D eigenvalue weighted by Crippen LogP contribution is 2.24. The summed E-state index contributed by atoms with van der Waals surface area (Å²) in [6.07, 6.45) is -2.39. The van der Waals surface area contributed by atoms with Crippen molar-refractivity contribution in [2.24, 2.45) is 5.92 Å². The van der Waals surface area contributed by atoms with Crippen LogP contribution < -0.4 is 10.2 Å². The molecule has 0 aliphatic carbocycles. The minimum absolute atomic E-state index is 0.0104. The van der Waals surface area contributed by atoms with Gasteiger partial charge in [-0.25, -0.2) is 4.98 Å². The monoisotopic (exact) mass is 344 g/mol. The Labute approximate surface area is 137 Å². The van der Waals surface area contributed by atoms with Crippen LogP contribution in [0.3, 0.4) is 0 Å². The van der Waals surface area contributed by atoms with Crippen molar-refractivity contribution in [1.29, 1.82) is 0 Å². The number of aromatic nitrogens is 1. The Morgan fingerprint density at radius 3 is 2.79 bits per heavy atom. The number of amides is 2. The SMILES string of the molecule is CN(C)c1ccnc(NC(=O)C2CCCN(CC(F)(F)F)C2=O)c1. The minimum Gasteiger partial charge on any atom is -0.378 e. The van der Waals surface area contributed by atoms with Gasteiger partial charge < -0.3 is 15.1 Å². The van der Waals surface area contributed by atoms with Gasteiger partial charge in [-0.2, -0.15) is 13.2 Å². The fourth-order valence-corrected chi connectivity index (χ4v) is 2.54. The average molecular weight is 344 g/mol. The van der Waals surface area contributed by atoms with E-state index in [1.165, 1.54) is 6.20 Å². The smallest absolute Gasteiger partial charge is 0.378 e. The second-order valence-corrected chi connectivity index (χ2v) is 5.85. The number of anilines is 2. The Kier molecular flexibility index (Phi) is 5.30. The standard InChI is InChI=1S/C15H19F3N4O2/c1-21(2)10-5-6-19-12(8-10)20-13(23)11-4-3-7-22(14(11)24)9-15(16,17)18/h5-6,8,11H,3-4,7,9H2,1-2H3,(H,19,20,23). The molecule has 1 saturated heterocycles. The molecule has 1 aliphatic rings. The van der Waals surface area contributed by atoms with Crippen LogP contribution in [0.4, 0.5) is 24.7 Å². The molecule has 1 aromatic rings. The van der Waals surface area contributed by atoms with Crippen molar-refractivity contribution < 1.29 is 22.8 Å². The third-order valence-corrected chi connectivity index (χ3v) is 3.73. The zero-order chi connectivity index (χ0) is 17.9. The van der Waals surface area contributed by atoms with Gasteiger partial charge in [0.2, 0.25) is 11.8 Å². The summed E-state index contributed by atoms with van der Waals surface area (Å²) in [6.45, 7) is -1.32. The molecule has 1 fully saturated rings. The van der Waals surface area contributed by atoms with Gasteiger partial charge in [0.1, 0.15) is 18.3 Å². The Hall–Kier alpha value is -2.32. The maximum atomic E-state index is 12.5. The highest BCUT2D eigenvalue weighted by atomic mass is 19.4. The van der Waals surface area contributed by atoms with Gasteiger partial charge in [-0.15, -0.1) is 0 Å². The molecule has 1 unspecified atom stereocenters. The molecule has 0 aromatic carbocycles. The van der Waals surface area contributed by atoms with E-state index in [1.807, 2.05) is 19.0 Å². The van der Waals surface area contributed by atoms with Gasteiger partial charge in [0.25, 0.3) is 0 Å². The molecule has 0 bridgehead atoms. The molecule has 1 aromatic heterocycles. The molecule has 2 amide bonds. The molecular formula is C15H19F3N4O2. The van der Waals surface area contributed by atoms with Crippen molar-refractivity contribution in [2.75, 3.05) is 37.4 Å². The lowest BCUT2D eigenvalue weighted by atomic mass is 9.96. The number of nitrogens with one attached hydrogen (secondary N) is 1. The van der Waals surface area contributed by atoms with E-state index in [4.69, 9.17) is 0 Å². The van der Waals surface area contributed by atoms with Crippen molar-refractivity contribution in [3.63, 3.8) is 0 Å². The van der Waals surface area contributed by atoms with Crippen LogP contribution in [-0.2, 0) is 9.59 Å². The molecule has 1 atom stereocenters. The number of carbonyl (C=O) groups is 2. The van der Waals surface area contributed by atoms with Crippen LogP contribution in [-0.4, -0.2) is 55.1 Å². The summed E-state index contributed by atoms with van der Waals surface area (Å²) in [6, 6.07) is 3.37. The number of nitrogens with zero attached hydrogens (tertiary/aromatic N) is 3. The first kappa shape index (κ1) is 18.0. The van der Waals surface area contributed by atoms with Crippen molar-refractivity contribution in [3.05, 3.63) is 18.3 Å². The Bertz CT molecular complexity index is 619.